The molecule has 0 saturated carbocycles. The molecule has 0 bridgehead atoms. The molecule has 0 aromatic heterocycles. The summed E-state index contributed by atoms with van der Waals surface area (Å²) >= 11 is 0. The Kier molecular flexibility index (Phi) is 5.27. The number of nitrogens with zero attached hydrogens (tertiary/aromatic N) is 2. The van der Waals surface area contributed by atoms with Gasteiger partial charge in [0.1, 0.15) is 5.75 Å². The van der Waals surface area contributed by atoms with Gasteiger partial charge in [-0.25, -0.2) is 0 Å². The van der Waals surface area contributed by atoms with E-state index in [0.29, 0.717) is 6.42 Å². The normalized spacial score (nSPS) is 14.5. The van der Waals surface area contributed by atoms with Crippen LogP contribution in [0.5, 0.6) is 5.75 Å². The van der Waals surface area contributed by atoms with Crippen molar-refractivity contribution in [2.24, 2.45) is 0 Å². The fraction of sp³-hybridized carbons (Fsp3) is 0.381. The highest BCUT2D eigenvalue weighted by Crippen LogP contribution is 2.28. The zero-order chi connectivity index (χ0) is 17.8. The number of piperazine rings is 1. The minimum Gasteiger partial charge on any atom is -0.495 e. The van der Waals surface area contributed by atoms with Crippen LogP contribution in [0.25, 0.3) is 0 Å². The number of carbonyl (C=O) groups is 1. The van der Waals surface area contributed by atoms with E-state index in [1.54, 1.807) is 7.11 Å². The molecule has 1 amide bonds. The van der Waals surface area contributed by atoms with E-state index >= 15 is 0 Å². The number of rotatable bonds is 4. The van der Waals surface area contributed by atoms with E-state index in [9.17, 15) is 4.79 Å². The SMILES string of the molecule is COc1ccccc1N1CCN(C(=O)Cc2ccc(C)cc2C)CC1. The lowest BCUT2D eigenvalue weighted by atomic mass is 10.0. The third-order valence-corrected chi connectivity index (χ3v) is 4.90. The van der Waals surface area contributed by atoms with Gasteiger partial charge in [0, 0.05) is 26.2 Å². The summed E-state index contributed by atoms with van der Waals surface area (Å²) in [5, 5.41) is 0. The quantitative estimate of drug-likeness (QED) is 0.858. The number of aryl methyl sites for hydroxylation is 2. The first-order valence-corrected chi connectivity index (χ1v) is 8.80. The molecule has 0 spiro atoms. The minimum absolute atomic E-state index is 0.214. The highest BCUT2D eigenvalue weighted by Gasteiger charge is 2.23. The number of hydrogen-bond acceptors (Lipinski definition) is 3. The molecule has 2 aromatic carbocycles. The smallest absolute Gasteiger partial charge is 0.227 e. The maximum absolute atomic E-state index is 12.7. The Balaban J connectivity index is 1.61. The molecule has 1 heterocycles. The Bertz CT molecular complexity index is 749. The van der Waals surface area contributed by atoms with Crippen molar-refractivity contribution in [2.75, 3.05) is 38.2 Å². The number of methoxy groups -OCH3 is 1. The molecule has 1 aliphatic heterocycles. The van der Waals surface area contributed by atoms with Crippen molar-refractivity contribution >= 4 is 11.6 Å². The van der Waals surface area contributed by atoms with Crippen molar-refractivity contribution in [2.45, 2.75) is 20.3 Å². The Labute approximate surface area is 150 Å². The predicted molar refractivity (Wildman–Crippen MR) is 101 cm³/mol. The van der Waals surface area contributed by atoms with Crippen LogP contribution in [0.15, 0.2) is 42.5 Å². The van der Waals surface area contributed by atoms with Crippen LogP contribution < -0.4 is 9.64 Å². The van der Waals surface area contributed by atoms with Crippen LogP contribution in [0.2, 0.25) is 0 Å². The standard InChI is InChI=1S/C21H26N2O2/c1-16-8-9-18(17(2)14-16)15-21(24)23-12-10-22(11-13-23)19-6-4-5-7-20(19)25-3/h4-9,14H,10-13,15H2,1-3H3. The summed E-state index contributed by atoms with van der Waals surface area (Å²) in [7, 11) is 1.70. The summed E-state index contributed by atoms with van der Waals surface area (Å²) in [6, 6.07) is 14.4. The van der Waals surface area contributed by atoms with E-state index in [1.807, 2.05) is 23.1 Å². The van der Waals surface area contributed by atoms with Crippen LogP contribution in [0.4, 0.5) is 5.69 Å². The molecule has 25 heavy (non-hydrogen) atoms. The second-order valence-corrected chi connectivity index (χ2v) is 6.65. The summed E-state index contributed by atoms with van der Waals surface area (Å²) in [5.74, 6) is 1.10. The number of hydrogen-bond donors (Lipinski definition) is 0. The Morgan fingerprint density at radius 1 is 1.04 bits per heavy atom. The number of amides is 1. The number of ether oxygens (including phenoxy) is 1. The van der Waals surface area contributed by atoms with E-state index in [1.165, 1.54) is 11.1 Å². The molecule has 0 aliphatic carbocycles. The van der Waals surface area contributed by atoms with E-state index in [-0.39, 0.29) is 5.91 Å². The monoisotopic (exact) mass is 338 g/mol. The minimum atomic E-state index is 0.214. The first-order valence-electron chi connectivity index (χ1n) is 8.80. The fourth-order valence-corrected chi connectivity index (χ4v) is 3.41. The van der Waals surface area contributed by atoms with E-state index in [2.05, 4.69) is 43.0 Å². The molecule has 2 aromatic rings. The summed E-state index contributed by atoms with van der Waals surface area (Å²) in [6.45, 7) is 7.33. The Hall–Kier alpha value is -2.49. The van der Waals surface area contributed by atoms with Gasteiger partial charge in [0.25, 0.3) is 0 Å². The van der Waals surface area contributed by atoms with Gasteiger partial charge < -0.3 is 14.5 Å². The molecule has 4 nitrogen and oxygen atoms in total. The van der Waals surface area contributed by atoms with Gasteiger partial charge in [-0.05, 0) is 37.1 Å². The number of carbonyl (C=O) groups excluding carboxylic acids is 1. The third-order valence-electron chi connectivity index (χ3n) is 4.90. The van der Waals surface area contributed by atoms with E-state index in [0.717, 1.165) is 43.2 Å². The van der Waals surface area contributed by atoms with Crippen molar-refractivity contribution in [3.05, 3.63) is 59.2 Å². The second kappa shape index (κ2) is 7.60. The number of para-hydroxylation sites is 2. The van der Waals surface area contributed by atoms with E-state index in [4.69, 9.17) is 4.74 Å². The van der Waals surface area contributed by atoms with Crippen LogP contribution in [0.3, 0.4) is 0 Å². The molecule has 1 aliphatic rings. The van der Waals surface area contributed by atoms with Crippen molar-refractivity contribution in [1.29, 1.82) is 0 Å². The highest BCUT2D eigenvalue weighted by molar-refractivity contribution is 5.79. The first kappa shape index (κ1) is 17.3. The van der Waals surface area contributed by atoms with Crippen LogP contribution in [-0.4, -0.2) is 44.1 Å². The molecule has 4 heteroatoms. The lowest BCUT2D eigenvalue weighted by molar-refractivity contribution is -0.130. The maximum atomic E-state index is 12.7. The molecule has 0 unspecified atom stereocenters. The van der Waals surface area contributed by atoms with Gasteiger partial charge in [-0.15, -0.1) is 0 Å². The van der Waals surface area contributed by atoms with Gasteiger partial charge in [-0.2, -0.15) is 0 Å². The molecule has 0 atom stereocenters. The van der Waals surface area contributed by atoms with E-state index < -0.39 is 0 Å². The van der Waals surface area contributed by atoms with Gasteiger partial charge in [0.05, 0.1) is 19.2 Å². The van der Waals surface area contributed by atoms with Crippen molar-refractivity contribution in [3.8, 4) is 5.75 Å². The predicted octanol–water partition coefficient (Wildman–Crippen LogP) is 3.20. The topological polar surface area (TPSA) is 32.8 Å². The van der Waals surface area contributed by atoms with Gasteiger partial charge >= 0.3 is 0 Å². The van der Waals surface area contributed by atoms with Crippen LogP contribution in [0.1, 0.15) is 16.7 Å². The average molecular weight is 338 g/mol. The van der Waals surface area contributed by atoms with Gasteiger partial charge in [-0.3, -0.25) is 4.79 Å². The molecule has 0 radical (unpaired) electrons. The van der Waals surface area contributed by atoms with Crippen molar-refractivity contribution in [3.63, 3.8) is 0 Å². The Morgan fingerprint density at radius 2 is 1.76 bits per heavy atom. The molecule has 1 fully saturated rings. The molecular weight excluding hydrogens is 312 g/mol. The number of anilines is 1. The van der Waals surface area contributed by atoms with Crippen LogP contribution >= 0.6 is 0 Å². The van der Waals surface area contributed by atoms with Crippen molar-refractivity contribution in [1.82, 2.24) is 4.90 Å². The lowest BCUT2D eigenvalue weighted by Crippen LogP contribution is -2.49. The molecular formula is C21H26N2O2. The fourth-order valence-electron chi connectivity index (χ4n) is 3.41. The second-order valence-electron chi connectivity index (χ2n) is 6.65. The summed E-state index contributed by atoms with van der Waals surface area (Å²) in [6.07, 6.45) is 0.487. The molecule has 1 saturated heterocycles. The zero-order valence-electron chi connectivity index (χ0n) is 15.3. The van der Waals surface area contributed by atoms with Gasteiger partial charge in [0.15, 0.2) is 0 Å². The molecule has 3 rings (SSSR count). The van der Waals surface area contributed by atoms with Crippen LogP contribution in [-0.2, 0) is 11.2 Å². The van der Waals surface area contributed by atoms with Gasteiger partial charge in [0.2, 0.25) is 5.91 Å². The third kappa shape index (κ3) is 3.95. The maximum Gasteiger partial charge on any atom is 0.227 e. The lowest BCUT2D eigenvalue weighted by Gasteiger charge is -2.36. The van der Waals surface area contributed by atoms with Crippen LogP contribution in [0, 0.1) is 13.8 Å². The molecule has 0 N–H and O–H groups in total. The molecule has 132 valence electrons. The largest absolute Gasteiger partial charge is 0.495 e. The van der Waals surface area contributed by atoms with Gasteiger partial charge in [-0.1, -0.05) is 35.9 Å². The summed E-state index contributed by atoms with van der Waals surface area (Å²) in [5.41, 5.74) is 4.66. The van der Waals surface area contributed by atoms with Crippen molar-refractivity contribution < 1.29 is 9.53 Å². The summed E-state index contributed by atoms with van der Waals surface area (Å²) < 4.78 is 5.45. The summed E-state index contributed by atoms with van der Waals surface area (Å²) in [4.78, 5) is 16.9. The average Bonchev–Trinajstić information content (AvgIpc) is 2.64. The highest BCUT2D eigenvalue weighted by atomic mass is 16.5. The zero-order valence-corrected chi connectivity index (χ0v) is 15.3. The Morgan fingerprint density at radius 3 is 2.44 bits per heavy atom. The number of benzene rings is 2. The first-order chi connectivity index (χ1) is 12.1.